The van der Waals surface area contributed by atoms with Gasteiger partial charge in [0.05, 0.1) is 5.56 Å². The second-order valence-corrected chi connectivity index (χ2v) is 9.22. The highest BCUT2D eigenvalue weighted by atomic mass is 16.4. The number of piperidine rings is 1. The number of quaternary nitrogens is 1. The molecule has 2 aliphatic heterocycles. The van der Waals surface area contributed by atoms with E-state index >= 15 is 0 Å². The van der Waals surface area contributed by atoms with Gasteiger partial charge in [-0.3, -0.25) is 0 Å². The fourth-order valence-electron chi connectivity index (χ4n) is 5.59. The SMILES string of the molecule is CCCC1=C(C(=O)O)c2ccccc2[N+]1(C(=O)c1c[nH]c2ccccc12)N1CCC(C)CC1. The topological polar surface area (TPSA) is 73.4 Å². The molecule has 1 atom stereocenters. The number of carbonyl (C=O) groups excluding carboxylic acids is 1. The summed E-state index contributed by atoms with van der Waals surface area (Å²) >= 11 is 0. The van der Waals surface area contributed by atoms with Gasteiger partial charge in [-0.05, 0) is 37.3 Å². The lowest BCUT2D eigenvalue weighted by atomic mass is 9.99. The third kappa shape index (κ3) is 3.16. The predicted molar refractivity (Wildman–Crippen MR) is 130 cm³/mol. The third-order valence-corrected chi connectivity index (χ3v) is 7.20. The number of amides is 1. The molecule has 2 N–H and O–H groups in total. The van der Waals surface area contributed by atoms with Crippen LogP contribution >= 0.6 is 0 Å². The number of benzene rings is 2. The Bertz CT molecular complexity index is 1270. The van der Waals surface area contributed by atoms with E-state index in [-0.39, 0.29) is 16.1 Å². The molecule has 33 heavy (non-hydrogen) atoms. The Morgan fingerprint density at radius 2 is 1.79 bits per heavy atom. The molecule has 0 radical (unpaired) electrons. The van der Waals surface area contributed by atoms with Gasteiger partial charge in [0.15, 0.2) is 11.4 Å². The number of hydrogen-bond acceptors (Lipinski definition) is 3. The first kappa shape index (κ1) is 21.6. The molecule has 0 aliphatic carbocycles. The quantitative estimate of drug-likeness (QED) is 0.505. The molecule has 3 aromatic rings. The summed E-state index contributed by atoms with van der Waals surface area (Å²) in [4.78, 5) is 30.6. The van der Waals surface area contributed by atoms with E-state index in [4.69, 9.17) is 0 Å². The minimum Gasteiger partial charge on any atom is -0.477 e. The number of aliphatic carboxylic acids is 1. The Labute approximate surface area is 193 Å². The van der Waals surface area contributed by atoms with Crippen LogP contribution in [0.15, 0.2) is 60.4 Å². The van der Waals surface area contributed by atoms with Crippen LogP contribution in [-0.2, 0) is 4.79 Å². The number of para-hydroxylation sites is 2. The minimum absolute atomic E-state index is 0.0887. The lowest BCUT2D eigenvalue weighted by molar-refractivity contribution is -0.130. The number of hydrogen-bond donors (Lipinski definition) is 2. The lowest BCUT2D eigenvalue weighted by Gasteiger charge is -2.44. The van der Waals surface area contributed by atoms with E-state index in [0.29, 0.717) is 29.2 Å². The predicted octanol–water partition coefficient (Wildman–Crippen LogP) is 5.57. The number of rotatable bonds is 5. The van der Waals surface area contributed by atoms with Crippen molar-refractivity contribution >= 4 is 34.0 Å². The Balaban J connectivity index is 1.82. The van der Waals surface area contributed by atoms with Crippen molar-refractivity contribution < 1.29 is 14.7 Å². The van der Waals surface area contributed by atoms with Gasteiger partial charge < -0.3 is 10.1 Å². The average Bonchev–Trinajstić information content (AvgIpc) is 3.37. The van der Waals surface area contributed by atoms with Crippen molar-refractivity contribution in [2.24, 2.45) is 5.92 Å². The van der Waals surface area contributed by atoms with Crippen molar-refractivity contribution in [1.29, 1.82) is 0 Å². The molecular formula is C27H30N3O3+. The number of H-pyrrole nitrogens is 1. The summed E-state index contributed by atoms with van der Waals surface area (Å²) in [7, 11) is 0. The van der Waals surface area contributed by atoms with Gasteiger partial charge in [-0.25, -0.2) is 9.59 Å². The second-order valence-electron chi connectivity index (χ2n) is 9.22. The molecule has 3 heterocycles. The fraction of sp³-hybridized carbons (Fsp3) is 0.333. The normalized spacial score (nSPS) is 21.5. The number of fused-ring (bicyclic) bond motifs is 2. The van der Waals surface area contributed by atoms with Gasteiger partial charge in [0.2, 0.25) is 0 Å². The summed E-state index contributed by atoms with van der Waals surface area (Å²) in [5.41, 5.74) is 3.86. The smallest absolute Gasteiger partial charge is 0.377 e. The van der Waals surface area contributed by atoms with Crippen molar-refractivity contribution in [3.05, 3.63) is 71.6 Å². The van der Waals surface area contributed by atoms with Crippen LogP contribution in [0.2, 0.25) is 0 Å². The largest absolute Gasteiger partial charge is 0.477 e. The van der Waals surface area contributed by atoms with Gasteiger partial charge in [-0.15, -0.1) is 9.60 Å². The summed E-state index contributed by atoms with van der Waals surface area (Å²) in [5.74, 6) is -0.475. The van der Waals surface area contributed by atoms with Crippen molar-refractivity contribution in [3.8, 4) is 0 Å². The van der Waals surface area contributed by atoms with Gasteiger partial charge in [0.25, 0.3) is 0 Å². The zero-order valence-electron chi connectivity index (χ0n) is 19.2. The number of aromatic nitrogens is 1. The van der Waals surface area contributed by atoms with Crippen LogP contribution < -0.4 is 4.59 Å². The number of carbonyl (C=O) groups is 2. The molecule has 170 valence electrons. The molecule has 1 amide bonds. The second kappa shape index (κ2) is 8.28. The van der Waals surface area contributed by atoms with Crippen LogP contribution in [-0.4, -0.2) is 40.1 Å². The van der Waals surface area contributed by atoms with Crippen molar-refractivity contribution in [2.45, 2.75) is 39.5 Å². The first-order valence-electron chi connectivity index (χ1n) is 11.8. The van der Waals surface area contributed by atoms with E-state index in [1.54, 1.807) is 6.20 Å². The van der Waals surface area contributed by atoms with E-state index in [9.17, 15) is 14.7 Å². The van der Waals surface area contributed by atoms with E-state index in [0.717, 1.165) is 48.9 Å². The van der Waals surface area contributed by atoms with Crippen LogP contribution in [0, 0.1) is 5.92 Å². The fourth-order valence-corrected chi connectivity index (χ4v) is 5.59. The highest BCUT2D eigenvalue weighted by Gasteiger charge is 2.58. The van der Waals surface area contributed by atoms with Gasteiger partial charge in [0, 0.05) is 42.7 Å². The molecular weight excluding hydrogens is 414 g/mol. The molecule has 0 saturated carbocycles. The number of nitrogens with one attached hydrogen (secondary N) is 1. The van der Waals surface area contributed by atoms with Crippen LogP contribution in [0.4, 0.5) is 5.69 Å². The van der Waals surface area contributed by atoms with Gasteiger partial charge in [0.1, 0.15) is 11.1 Å². The summed E-state index contributed by atoms with van der Waals surface area (Å²) in [5, 5.41) is 13.4. The lowest BCUT2D eigenvalue weighted by Crippen LogP contribution is -2.65. The maximum Gasteiger partial charge on any atom is 0.377 e. The molecule has 1 unspecified atom stereocenters. The summed E-state index contributed by atoms with van der Waals surface area (Å²) in [6, 6.07) is 15.4. The first-order valence-corrected chi connectivity index (χ1v) is 11.8. The highest BCUT2D eigenvalue weighted by Crippen LogP contribution is 2.50. The first-order chi connectivity index (χ1) is 16.0. The molecule has 6 heteroatoms. The number of carboxylic acid groups (broad SMARTS) is 1. The number of nitrogens with zero attached hydrogens (tertiary/aromatic N) is 2. The van der Waals surface area contributed by atoms with E-state index in [2.05, 4.69) is 16.9 Å². The molecule has 0 bridgehead atoms. The molecule has 2 aliphatic rings. The Morgan fingerprint density at radius 3 is 2.52 bits per heavy atom. The Hall–Kier alpha value is -3.22. The summed E-state index contributed by atoms with van der Waals surface area (Å²) < 4.78 is -0.139. The zero-order valence-corrected chi connectivity index (χ0v) is 19.2. The zero-order chi connectivity index (χ0) is 23.2. The monoisotopic (exact) mass is 444 g/mol. The van der Waals surface area contributed by atoms with Crippen molar-refractivity contribution in [1.82, 2.24) is 14.6 Å². The van der Waals surface area contributed by atoms with Gasteiger partial charge in [-0.2, -0.15) is 0 Å². The van der Waals surface area contributed by atoms with E-state index in [1.807, 2.05) is 55.5 Å². The molecule has 0 spiro atoms. The van der Waals surface area contributed by atoms with Crippen LogP contribution in [0.1, 0.15) is 55.5 Å². The van der Waals surface area contributed by atoms with Crippen LogP contribution in [0.5, 0.6) is 0 Å². The van der Waals surface area contributed by atoms with E-state index < -0.39 is 5.97 Å². The van der Waals surface area contributed by atoms with Crippen LogP contribution in [0.3, 0.4) is 0 Å². The number of carboxylic acids is 1. The standard InChI is InChI=1S/C27H29N3O3/c1-3-8-24-25(27(32)33)20-10-5-7-12-23(20)30(24,29-15-13-18(2)14-16-29)26(31)21-17-28-22-11-6-4-9-19(21)22/h4-7,9-12,17-18H,3,8,13-16H2,1-2H3,(H-,28,31,32,33)/p+1. The molecule has 1 fully saturated rings. The van der Waals surface area contributed by atoms with Gasteiger partial charge in [-0.1, -0.05) is 44.2 Å². The maximum atomic E-state index is 14.7. The van der Waals surface area contributed by atoms with Crippen LogP contribution in [0.25, 0.3) is 16.5 Å². The Kier molecular flexibility index (Phi) is 5.43. The van der Waals surface area contributed by atoms with Crippen molar-refractivity contribution in [3.63, 3.8) is 0 Å². The number of aromatic amines is 1. The Morgan fingerprint density at radius 1 is 1.09 bits per heavy atom. The average molecular weight is 445 g/mol. The molecule has 1 aromatic heterocycles. The van der Waals surface area contributed by atoms with Crippen molar-refractivity contribution in [2.75, 3.05) is 13.1 Å². The highest BCUT2D eigenvalue weighted by molar-refractivity contribution is 6.24. The third-order valence-electron chi connectivity index (χ3n) is 7.20. The van der Waals surface area contributed by atoms with Gasteiger partial charge >= 0.3 is 11.9 Å². The molecule has 6 nitrogen and oxygen atoms in total. The molecule has 1 saturated heterocycles. The molecule has 2 aromatic carbocycles. The molecule has 5 rings (SSSR count). The number of allylic oxidation sites excluding steroid dienone is 1. The minimum atomic E-state index is -0.969. The maximum absolute atomic E-state index is 14.7. The van der Waals surface area contributed by atoms with E-state index in [1.165, 1.54) is 0 Å². The summed E-state index contributed by atoms with van der Waals surface area (Å²) in [6.07, 6.45) is 5.03. The summed E-state index contributed by atoms with van der Waals surface area (Å²) in [6.45, 7) is 5.76.